The largest absolute Gasteiger partial charge is 0.495 e. The van der Waals surface area contributed by atoms with Gasteiger partial charge >= 0.3 is 6.18 Å². The number of nitrogens with one attached hydrogen (secondary N) is 1. The third kappa shape index (κ3) is 4.69. The summed E-state index contributed by atoms with van der Waals surface area (Å²) >= 11 is 5.94. The van der Waals surface area contributed by atoms with Gasteiger partial charge in [0.1, 0.15) is 11.6 Å². The Morgan fingerprint density at radius 2 is 1.78 bits per heavy atom. The number of alkyl halides is 3. The van der Waals surface area contributed by atoms with E-state index in [1.165, 1.54) is 6.07 Å². The second-order valence-corrected chi connectivity index (χ2v) is 9.29. The first-order valence-electron chi connectivity index (χ1n) is 11.6. The van der Waals surface area contributed by atoms with Crippen LogP contribution in [0.4, 0.5) is 24.7 Å². The highest BCUT2D eigenvalue weighted by Crippen LogP contribution is 2.43. The molecule has 1 N–H and O–H groups in total. The molecule has 1 amide bonds. The number of halogens is 4. The quantitative estimate of drug-likeness (QED) is 0.515. The van der Waals surface area contributed by atoms with E-state index in [9.17, 15) is 18.0 Å². The highest BCUT2D eigenvalue weighted by Gasteiger charge is 2.47. The lowest BCUT2D eigenvalue weighted by molar-refractivity contribution is -0.173. The van der Waals surface area contributed by atoms with E-state index in [4.69, 9.17) is 16.3 Å². The number of carbonyl (C=O) groups is 1. The van der Waals surface area contributed by atoms with E-state index in [2.05, 4.69) is 15.3 Å². The molecule has 190 valence electrons. The Labute approximate surface area is 211 Å². The van der Waals surface area contributed by atoms with Gasteiger partial charge in [0.05, 0.1) is 18.8 Å². The van der Waals surface area contributed by atoms with Gasteiger partial charge in [-0.1, -0.05) is 35.9 Å². The smallest absolute Gasteiger partial charge is 0.410 e. The lowest BCUT2D eigenvalue weighted by Crippen LogP contribution is -2.49. The maximum Gasteiger partial charge on any atom is 0.410 e. The lowest BCUT2D eigenvalue weighted by Gasteiger charge is -2.36. The molecule has 36 heavy (non-hydrogen) atoms. The van der Waals surface area contributed by atoms with Gasteiger partial charge in [0, 0.05) is 43.7 Å². The number of nitrogens with zero attached hydrogens (tertiary/aromatic N) is 4. The highest BCUT2D eigenvalue weighted by atomic mass is 35.5. The molecule has 0 bridgehead atoms. The summed E-state index contributed by atoms with van der Waals surface area (Å²) in [5, 5.41) is 7.73. The molecule has 3 aromatic rings. The van der Waals surface area contributed by atoms with Gasteiger partial charge in [0.2, 0.25) is 0 Å². The number of amides is 1. The average Bonchev–Trinajstić information content (AvgIpc) is 3.32. The minimum absolute atomic E-state index is 0.00533. The summed E-state index contributed by atoms with van der Waals surface area (Å²) in [7, 11) is 1.61. The third-order valence-electron chi connectivity index (χ3n) is 6.67. The minimum atomic E-state index is -4.52. The van der Waals surface area contributed by atoms with E-state index in [0.717, 1.165) is 16.1 Å². The summed E-state index contributed by atoms with van der Waals surface area (Å²) in [6.45, 7) is 1.98. The molecule has 2 aliphatic heterocycles. The van der Waals surface area contributed by atoms with Crippen molar-refractivity contribution in [3.05, 3.63) is 70.9 Å². The molecule has 0 saturated carbocycles. The van der Waals surface area contributed by atoms with Crippen LogP contribution in [0.3, 0.4) is 0 Å². The lowest BCUT2D eigenvalue weighted by atomic mass is 9.97. The Balaban J connectivity index is 1.34. The zero-order valence-electron chi connectivity index (χ0n) is 19.5. The zero-order valence-corrected chi connectivity index (χ0v) is 20.3. The van der Waals surface area contributed by atoms with Crippen molar-refractivity contribution in [3.8, 4) is 5.75 Å². The number of rotatable bonds is 4. The predicted molar refractivity (Wildman–Crippen MR) is 131 cm³/mol. The normalized spacial score (nSPS) is 20.0. The van der Waals surface area contributed by atoms with Crippen molar-refractivity contribution in [2.24, 2.45) is 0 Å². The number of hydrogen-bond acceptors (Lipinski definition) is 5. The Bertz CT molecular complexity index is 1240. The third-order valence-corrected chi connectivity index (χ3v) is 6.93. The van der Waals surface area contributed by atoms with Gasteiger partial charge in [-0.3, -0.25) is 4.79 Å². The van der Waals surface area contributed by atoms with E-state index in [-0.39, 0.29) is 23.8 Å². The Kier molecular flexibility index (Phi) is 6.46. The van der Waals surface area contributed by atoms with Gasteiger partial charge < -0.3 is 19.9 Å². The molecule has 11 heteroatoms. The number of ether oxygens (including phenoxy) is 1. The van der Waals surface area contributed by atoms with E-state index < -0.39 is 18.3 Å². The maximum absolute atomic E-state index is 14.0. The summed E-state index contributed by atoms with van der Waals surface area (Å²) in [6, 6.07) is 13.3. The Morgan fingerprint density at radius 1 is 1.08 bits per heavy atom. The molecule has 2 aromatic carbocycles. The summed E-state index contributed by atoms with van der Waals surface area (Å²) in [4.78, 5) is 17.0. The van der Waals surface area contributed by atoms with Gasteiger partial charge in [0.15, 0.2) is 11.7 Å². The second-order valence-electron chi connectivity index (χ2n) is 8.85. The molecule has 0 radical (unpaired) electrons. The van der Waals surface area contributed by atoms with E-state index in [0.29, 0.717) is 36.8 Å². The van der Waals surface area contributed by atoms with Crippen LogP contribution in [-0.4, -0.2) is 60.1 Å². The van der Waals surface area contributed by atoms with Crippen LogP contribution in [0.1, 0.15) is 34.6 Å². The molecule has 2 aliphatic rings. The molecule has 1 aromatic heterocycles. The van der Waals surface area contributed by atoms with Gasteiger partial charge in [-0.15, -0.1) is 0 Å². The fraction of sp³-hybridized carbons (Fsp3) is 0.360. The van der Waals surface area contributed by atoms with Crippen LogP contribution >= 0.6 is 11.6 Å². The maximum atomic E-state index is 14.0. The van der Waals surface area contributed by atoms with Gasteiger partial charge in [0.25, 0.3) is 5.91 Å². The van der Waals surface area contributed by atoms with Gasteiger partial charge in [-0.05, 0) is 29.8 Å². The monoisotopic (exact) mass is 519 g/mol. The Morgan fingerprint density at radius 3 is 2.44 bits per heavy atom. The molecule has 0 unspecified atom stereocenters. The van der Waals surface area contributed by atoms with Gasteiger partial charge in [-0.2, -0.15) is 18.3 Å². The van der Waals surface area contributed by atoms with Crippen LogP contribution in [0, 0.1) is 0 Å². The van der Waals surface area contributed by atoms with Crippen molar-refractivity contribution in [3.63, 3.8) is 0 Å². The number of carbonyl (C=O) groups excluding carboxylic acids is 1. The number of aromatic nitrogens is 2. The number of methoxy groups -OCH3 is 1. The van der Waals surface area contributed by atoms with Crippen molar-refractivity contribution in [1.29, 1.82) is 0 Å². The van der Waals surface area contributed by atoms with Crippen LogP contribution in [0.5, 0.6) is 5.75 Å². The predicted octanol–water partition coefficient (Wildman–Crippen LogP) is 5.17. The van der Waals surface area contributed by atoms with Crippen molar-refractivity contribution >= 4 is 29.0 Å². The van der Waals surface area contributed by atoms with Gasteiger partial charge in [-0.25, -0.2) is 4.68 Å². The summed E-state index contributed by atoms with van der Waals surface area (Å²) < 4.78 is 48.3. The highest BCUT2D eigenvalue weighted by molar-refractivity contribution is 6.30. The molecule has 1 fully saturated rings. The summed E-state index contributed by atoms with van der Waals surface area (Å²) in [5.41, 5.74) is 1.62. The molecule has 0 aliphatic carbocycles. The first kappa shape index (κ1) is 24.3. The number of para-hydroxylation sites is 2. The first-order valence-corrected chi connectivity index (χ1v) is 12.0. The van der Waals surface area contributed by atoms with Crippen molar-refractivity contribution in [1.82, 2.24) is 14.7 Å². The van der Waals surface area contributed by atoms with Crippen LogP contribution in [0.15, 0.2) is 54.6 Å². The summed E-state index contributed by atoms with van der Waals surface area (Å²) in [5.74, 6) is 0.528. The number of piperazine rings is 1. The summed E-state index contributed by atoms with van der Waals surface area (Å²) in [6.07, 6.45) is -4.76. The molecule has 0 spiro atoms. The standard InChI is InChI=1S/C25H25ClF3N5O2/c1-36-21-5-3-2-4-20(21)32-10-12-33(13-11-32)24(35)19-15-23-30-18(16-6-8-17(26)9-7-16)14-22(25(27,28)29)34(23)31-19/h2-9,15,18,22,30H,10-14H2,1H3/t18-,22-/m1/s1. The Hall–Kier alpha value is -3.40. The van der Waals surface area contributed by atoms with E-state index >= 15 is 0 Å². The number of hydrogen-bond donors (Lipinski definition) is 1. The van der Waals surface area contributed by atoms with Crippen LogP contribution in [0.25, 0.3) is 0 Å². The molecular weight excluding hydrogens is 495 g/mol. The molecule has 3 heterocycles. The molecule has 5 rings (SSSR count). The molecular formula is C25H25ClF3N5O2. The molecule has 1 saturated heterocycles. The van der Waals surface area contributed by atoms with Crippen molar-refractivity contribution in [2.75, 3.05) is 43.5 Å². The number of benzene rings is 2. The van der Waals surface area contributed by atoms with Crippen molar-refractivity contribution in [2.45, 2.75) is 24.7 Å². The topological polar surface area (TPSA) is 62.6 Å². The fourth-order valence-corrected chi connectivity index (χ4v) is 4.92. The average molecular weight is 520 g/mol. The number of fused-ring (bicyclic) bond motifs is 1. The first-order chi connectivity index (χ1) is 17.2. The molecule has 7 nitrogen and oxygen atoms in total. The second kappa shape index (κ2) is 9.57. The fourth-order valence-electron chi connectivity index (χ4n) is 4.80. The molecule has 2 atom stereocenters. The van der Waals surface area contributed by atoms with E-state index in [1.807, 2.05) is 24.3 Å². The van der Waals surface area contributed by atoms with Crippen LogP contribution in [0.2, 0.25) is 5.02 Å². The van der Waals surface area contributed by atoms with Crippen molar-refractivity contribution < 1.29 is 22.7 Å². The minimum Gasteiger partial charge on any atom is -0.495 e. The number of anilines is 2. The van der Waals surface area contributed by atoms with E-state index in [1.54, 1.807) is 36.3 Å². The van der Waals surface area contributed by atoms with Crippen LogP contribution < -0.4 is 15.0 Å². The SMILES string of the molecule is COc1ccccc1N1CCN(C(=O)c2cc3n(n2)[C@@H](C(F)(F)F)C[C@H](c2ccc(Cl)cc2)N3)CC1. The zero-order chi connectivity index (χ0) is 25.4. The van der Waals surface area contributed by atoms with Crippen LogP contribution in [-0.2, 0) is 0 Å².